The lowest BCUT2D eigenvalue weighted by molar-refractivity contribution is -0.143. The zero-order valence-electron chi connectivity index (χ0n) is 41.6. The van der Waals surface area contributed by atoms with Gasteiger partial charge in [0.2, 0.25) is 53.2 Å². The third kappa shape index (κ3) is 24.0. The largest absolute Gasteiger partial charge is 0.481 e. The molecule has 29 nitrogen and oxygen atoms in total. The van der Waals surface area contributed by atoms with E-state index in [-0.39, 0.29) is 63.0 Å². The monoisotopic (exact) mass is 1020 g/mol. The Morgan fingerprint density at radius 2 is 1.06 bits per heavy atom. The van der Waals surface area contributed by atoms with E-state index in [2.05, 4.69) is 47.2 Å². The van der Waals surface area contributed by atoms with Crippen molar-refractivity contribution >= 4 is 77.0 Å². The number of carbonyl (C=O) groups is 11. The number of primary amides is 1. The van der Waals surface area contributed by atoms with Crippen molar-refractivity contribution < 1.29 is 63.0 Å². The molecule has 0 saturated carbocycles. The van der Waals surface area contributed by atoms with Crippen LogP contribution in [0.5, 0.6) is 0 Å². The Labute approximate surface area is 417 Å². The van der Waals surface area contributed by atoms with Crippen molar-refractivity contribution in [1.82, 2.24) is 42.1 Å². The number of carbonyl (C=O) groups excluding carboxylic acids is 9. The summed E-state index contributed by atoms with van der Waals surface area (Å²) in [5, 5.41) is 36.5. The molecule has 0 aliphatic carbocycles. The lowest BCUT2D eigenvalue weighted by Crippen LogP contribution is -2.60. The Kier molecular flexibility index (Phi) is 27.7. The van der Waals surface area contributed by atoms with Gasteiger partial charge in [-0.15, -0.1) is 0 Å². The summed E-state index contributed by atoms with van der Waals surface area (Å²) < 4.78 is 0. The molecular formula is C43H76N16O13. The number of hydrogen-bond donors (Lipinski definition) is 15. The maximum Gasteiger partial charge on any atom is 0.326 e. The fourth-order valence-electron chi connectivity index (χ4n) is 7.29. The second-order valence-electron chi connectivity index (χ2n) is 18.1. The van der Waals surface area contributed by atoms with Crippen molar-refractivity contribution in [3.8, 4) is 0 Å². The van der Waals surface area contributed by atoms with Crippen molar-refractivity contribution in [2.24, 2.45) is 56.2 Å². The third-order valence-corrected chi connectivity index (χ3v) is 11.0. The van der Waals surface area contributed by atoms with Gasteiger partial charge in [-0.2, -0.15) is 0 Å². The standard InChI is InChI=1S/C43H76N16O13/c1-21(2)19-28(41(71)72)57-35(65)25(10-7-17-51-43(48)49)53-34(64)24(9-6-16-50-42(46)47)54-37(67)27(13-15-32(62)63)55-36(66)26(12-14-30(45)60)56-39(69)33(22(3)4)58-31(61)20-52-38(68)29-11-8-18-59(29)40(70)23(5)44/h21-29,33H,6-20,44H2,1-5H3,(H2,45,60)(H,52,68)(H,53,64)(H,54,67)(H,55,66)(H,56,69)(H,57,65)(H,58,61)(H,62,63)(H,71,72)(H4,46,47,50)(H4,48,49,51)/t23-,24-,25-,26-,27-,28-,29-,33-/m0/s1. The number of carboxylic acid groups (broad SMARTS) is 2. The minimum Gasteiger partial charge on any atom is -0.481 e. The summed E-state index contributed by atoms with van der Waals surface area (Å²) in [6.07, 6.45) is -1.38. The van der Waals surface area contributed by atoms with Gasteiger partial charge < -0.3 is 86.7 Å². The maximum absolute atomic E-state index is 14.1. The van der Waals surface area contributed by atoms with Crippen LogP contribution >= 0.6 is 0 Å². The Balaban J connectivity index is 3.45. The molecule has 0 aromatic carbocycles. The molecule has 72 heavy (non-hydrogen) atoms. The molecule has 0 aromatic heterocycles. The fourth-order valence-corrected chi connectivity index (χ4v) is 7.29. The van der Waals surface area contributed by atoms with Gasteiger partial charge in [0.05, 0.1) is 12.6 Å². The van der Waals surface area contributed by atoms with Crippen LogP contribution in [0.25, 0.3) is 0 Å². The second kappa shape index (κ2) is 31.8. The summed E-state index contributed by atoms with van der Waals surface area (Å²) in [5.41, 5.74) is 32.8. The van der Waals surface area contributed by atoms with Crippen molar-refractivity contribution in [3.05, 3.63) is 0 Å². The lowest BCUT2D eigenvalue weighted by atomic mass is 10.0. The number of nitrogens with one attached hydrogen (secondary N) is 7. The highest BCUT2D eigenvalue weighted by molar-refractivity contribution is 5.98. The summed E-state index contributed by atoms with van der Waals surface area (Å²) >= 11 is 0. The van der Waals surface area contributed by atoms with Gasteiger partial charge in [0.1, 0.15) is 42.3 Å². The molecule has 29 heteroatoms. The van der Waals surface area contributed by atoms with Crippen LogP contribution in [0.1, 0.15) is 105 Å². The van der Waals surface area contributed by atoms with Crippen LogP contribution in [0.2, 0.25) is 0 Å². The van der Waals surface area contributed by atoms with E-state index in [1.807, 2.05) is 0 Å². The minimum absolute atomic E-state index is 0.0211. The van der Waals surface area contributed by atoms with Crippen LogP contribution in [-0.2, 0) is 52.7 Å². The second-order valence-corrected chi connectivity index (χ2v) is 18.1. The molecule has 21 N–H and O–H groups in total. The van der Waals surface area contributed by atoms with E-state index in [1.165, 1.54) is 11.8 Å². The van der Waals surface area contributed by atoms with E-state index in [0.717, 1.165) is 0 Å². The first-order valence-electron chi connectivity index (χ1n) is 23.6. The van der Waals surface area contributed by atoms with E-state index in [4.69, 9.17) is 34.4 Å². The highest BCUT2D eigenvalue weighted by Crippen LogP contribution is 2.18. The van der Waals surface area contributed by atoms with E-state index < -0.39 is 152 Å². The molecule has 0 bridgehead atoms. The minimum atomic E-state index is -1.72. The number of carboxylic acids is 2. The average molecular weight is 1030 g/mol. The number of nitrogens with two attached hydrogens (primary N) is 6. The number of aliphatic carboxylic acids is 2. The van der Waals surface area contributed by atoms with Gasteiger partial charge in [-0.1, -0.05) is 27.7 Å². The number of guanidine groups is 2. The molecule has 1 rings (SSSR count). The zero-order valence-corrected chi connectivity index (χ0v) is 41.6. The van der Waals surface area contributed by atoms with Crippen LogP contribution in [0, 0.1) is 11.8 Å². The van der Waals surface area contributed by atoms with E-state index in [0.29, 0.717) is 19.4 Å². The summed E-state index contributed by atoms with van der Waals surface area (Å²) in [5.74, 6) is -11.7. The topological polar surface area (TPSA) is 497 Å². The quantitative estimate of drug-likeness (QED) is 0.0166. The van der Waals surface area contributed by atoms with Crippen molar-refractivity contribution in [1.29, 1.82) is 0 Å². The first-order chi connectivity index (χ1) is 33.6. The summed E-state index contributed by atoms with van der Waals surface area (Å²) in [6.45, 7) is 7.79. The molecule has 1 aliphatic rings. The number of nitrogens with zero attached hydrogens (tertiary/aromatic N) is 3. The van der Waals surface area contributed by atoms with Crippen LogP contribution in [-0.4, -0.2) is 167 Å². The van der Waals surface area contributed by atoms with Gasteiger partial charge in [0.15, 0.2) is 11.9 Å². The third-order valence-electron chi connectivity index (χ3n) is 11.0. The number of aliphatic imine (C=N–C) groups is 2. The number of amides is 9. The Bertz CT molecular complexity index is 1970. The van der Waals surface area contributed by atoms with Gasteiger partial charge in [0, 0.05) is 32.5 Å². The number of likely N-dealkylation sites (tertiary alicyclic amines) is 1. The normalized spacial score (nSPS) is 16.0. The molecule has 9 amide bonds. The van der Waals surface area contributed by atoms with Gasteiger partial charge in [-0.25, -0.2) is 4.79 Å². The molecule has 0 spiro atoms. The van der Waals surface area contributed by atoms with Crippen LogP contribution in [0.4, 0.5) is 0 Å². The molecule has 0 aromatic rings. The summed E-state index contributed by atoms with van der Waals surface area (Å²) in [7, 11) is 0. The van der Waals surface area contributed by atoms with Crippen LogP contribution in [0.15, 0.2) is 9.98 Å². The highest BCUT2D eigenvalue weighted by atomic mass is 16.4. The van der Waals surface area contributed by atoms with Crippen molar-refractivity contribution in [2.45, 2.75) is 154 Å². The predicted octanol–water partition coefficient (Wildman–Crippen LogP) is -5.63. The predicted molar refractivity (Wildman–Crippen MR) is 260 cm³/mol. The molecule has 1 heterocycles. The molecule has 1 fully saturated rings. The molecule has 0 unspecified atom stereocenters. The molecule has 0 radical (unpaired) electrons. The SMILES string of the molecule is CC(C)C[C@H](NC(=O)[C@H](CCCN=C(N)N)NC(=O)[C@H](CCCN=C(N)N)NC(=O)[C@H](CCC(=O)O)NC(=O)[C@H](CCC(N)=O)NC(=O)[C@@H](NC(=O)CNC(=O)[C@@H]1CCCN1C(=O)[C@H](C)N)C(C)C)C(=O)O. The van der Waals surface area contributed by atoms with Crippen molar-refractivity contribution in [3.63, 3.8) is 0 Å². The fraction of sp³-hybridized carbons (Fsp3) is 0.698. The number of hydrogen-bond acceptors (Lipinski definition) is 14. The van der Waals surface area contributed by atoms with Gasteiger partial charge >= 0.3 is 11.9 Å². The van der Waals surface area contributed by atoms with Gasteiger partial charge in [-0.3, -0.25) is 57.9 Å². The lowest BCUT2D eigenvalue weighted by Gasteiger charge is -2.28. The average Bonchev–Trinajstić information content (AvgIpc) is 3.78. The van der Waals surface area contributed by atoms with Gasteiger partial charge in [0.25, 0.3) is 0 Å². The summed E-state index contributed by atoms with van der Waals surface area (Å²) in [6, 6.07) is -10.6. The smallest absolute Gasteiger partial charge is 0.326 e. The Morgan fingerprint density at radius 1 is 0.611 bits per heavy atom. The zero-order chi connectivity index (χ0) is 54.8. The van der Waals surface area contributed by atoms with Gasteiger partial charge in [-0.05, 0) is 76.5 Å². The summed E-state index contributed by atoms with van der Waals surface area (Å²) in [4.78, 5) is 153. The van der Waals surface area contributed by atoms with E-state index in [9.17, 15) is 63.0 Å². The van der Waals surface area contributed by atoms with E-state index in [1.54, 1.807) is 27.7 Å². The highest BCUT2D eigenvalue weighted by Gasteiger charge is 2.37. The molecule has 1 aliphatic heterocycles. The Morgan fingerprint density at radius 3 is 1.46 bits per heavy atom. The van der Waals surface area contributed by atoms with Crippen LogP contribution in [0.3, 0.4) is 0 Å². The Hall–Kier alpha value is -7.33. The maximum atomic E-state index is 14.1. The van der Waals surface area contributed by atoms with Crippen molar-refractivity contribution in [2.75, 3.05) is 26.2 Å². The molecule has 8 atom stereocenters. The first kappa shape index (κ1) is 62.7. The van der Waals surface area contributed by atoms with Crippen LogP contribution < -0.4 is 71.6 Å². The van der Waals surface area contributed by atoms with E-state index >= 15 is 0 Å². The first-order valence-corrected chi connectivity index (χ1v) is 23.6. The molecular weight excluding hydrogens is 949 g/mol. The molecule has 406 valence electrons. The molecule has 1 saturated heterocycles. The number of rotatable bonds is 33.